The number of hydrogen-bond acceptors (Lipinski definition) is 2. The summed E-state index contributed by atoms with van der Waals surface area (Å²) in [6.07, 6.45) is 0. The number of carbonyl (C=O) groups is 1. The van der Waals surface area contributed by atoms with E-state index in [-0.39, 0.29) is 5.91 Å². The molecule has 2 rings (SSSR count). The van der Waals surface area contributed by atoms with Gasteiger partial charge in [-0.25, -0.2) is 0 Å². The molecule has 1 saturated heterocycles. The van der Waals surface area contributed by atoms with E-state index in [4.69, 9.17) is 0 Å². The van der Waals surface area contributed by atoms with E-state index < -0.39 is 0 Å². The monoisotopic (exact) mass is 218 g/mol. The summed E-state index contributed by atoms with van der Waals surface area (Å²) in [4.78, 5) is 14.2. The molecule has 1 heterocycles. The van der Waals surface area contributed by atoms with Crippen LogP contribution in [-0.4, -0.2) is 36.5 Å². The van der Waals surface area contributed by atoms with Gasteiger partial charge in [0, 0.05) is 31.2 Å². The summed E-state index contributed by atoms with van der Waals surface area (Å²) in [6.45, 7) is 6.58. The van der Waals surface area contributed by atoms with Crippen molar-refractivity contribution >= 4 is 5.91 Å². The lowest BCUT2D eigenvalue weighted by Gasteiger charge is -2.32. The van der Waals surface area contributed by atoms with Gasteiger partial charge in [-0.15, -0.1) is 0 Å². The highest BCUT2D eigenvalue weighted by Crippen LogP contribution is 2.12. The highest BCUT2D eigenvalue weighted by Gasteiger charge is 2.22. The van der Waals surface area contributed by atoms with Crippen molar-refractivity contribution in [2.24, 2.45) is 0 Å². The second-order valence-corrected chi connectivity index (χ2v) is 4.42. The molecule has 1 aliphatic heterocycles. The Bertz CT molecular complexity index is 389. The Morgan fingerprint density at radius 2 is 2.19 bits per heavy atom. The summed E-state index contributed by atoms with van der Waals surface area (Å²) in [6, 6.07) is 8.17. The van der Waals surface area contributed by atoms with Gasteiger partial charge in [-0.05, 0) is 25.5 Å². The van der Waals surface area contributed by atoms with E-state index in [1.165, 1.54) is 0 Å². The van der Waals surface area contributed by atoms with Gasteiger partial charge in [-0.1, -0.05) is 18.2 Å². The third kappa shape index (κ3) is 2.25. The molecule has 0 bridgehead atoms. The molecular weight excluding hydrogens is 200 g/mol. The highest BCUT2D eigenvalue weighted by molar-refractivity contribution is 5.95. The lowest BCUT2D eigenvalue weighted by Crippen LogP contribution is -2.51. The first-order valence-corrected chi connectivity index (χ1v) is 5.77. The minimum Gasteiger partial charge on any atom is -0.336 e. The Labute approximate surface area is 96.5 Å². The molecule has 0 spiro atoms. The van der Waals surface area contributed by atoms with E-state index in [0.717, 1.165) is 30.8 Å². The first-order chi connectivity index (χ1) is 7.68. The van der Waals surface area contributed by atoms with E-state index in [9.17, 15) is 4.79 Å². The van der Waals surface area contributed by atoms with Crippen LogP contribution < -0.4 is 5.32 Å². The maximum absolute atomic E-state index is 12.3. The van der Waals surface area contributed by atoms with E-state index in [1.54, 1.807) is 0 Å². The molecule has 16 heavy (non-hydrogen) atoms. The van der Waals surface area contributed by atoms with Crippen LogP contribution in [0.4, 0.5) is 0 Å². The number of carbonyl (C=O) groups excluding carboxylic acids is 1. The molecule has 1 aliphatic rings. The van der Waals surface area contributed by atoms with Crippen LogP contribution in [0.5, 0.6) is 0 Å². The lowest BCUT2D eigenvalue weighted by atomic mass is 10.1. The second kappa shape index (κ2) is 4.66. The molecule has 0 saturated carbocycles. The fraction of sp³-hybridized carbons (Fsp3) is 0.462. The number of piperazine rings is 1. The summed E-state index contributed by atoms with van der Waals surface area (Å²) in [5.74, 6) is 0.159. The first kappa shape index (κ1) is 11.1. The number of amides is 1. The maximum Gasteiger partial charge on any atom is 0.254 e. The van der Waals surface area contributed by atoms with E-state index in [2.05, 4.69) is 12.2 Å². The average Bonchev–Trinajstić information content (AvgIpc) is 2.29. The van der Waals surface area contributed by atoms with Crippen LogP contribution in [0.3, 0.4) is 0 Å². The first-order valence-electron chi connectivity index (χ1n) is 5.77. The minimum absolute atomic E-state index is 0.159. The van der Waals surface area contributed by atoms with E-state index in [0.29, 0.717) is 6.04 Å². The number of nitrogens with one attached hydrogen (secondary N) is 1. The van der Waals surface area contributed by atoms with Gasteiger partial charge < -0.3 is 10.2 Å². The van der Waals surface area contributed by atoms with Gasteiger partial charge in [0.05, 0.1) is 0 Å². The zero-order valence-corrected chi connectivity index (χ0v) is 9.86. The Hall–Kier alpha value is -1.35. The van der Waals surface area contributed by atoms with Crippen LogP contribution in [0.15, 0.2) is 24.3 Å². The molecule has 1 atom stereocenters. The smallest absolute Gasteiger partial charge is 0.254 e. The number of aryl methyl sites for hydroxylation is 1. The Morgan fingerprint density at radius 1 is 1.44 bits per heavy atom. The summed E-state index contributed by atoms with van der Waals surface area (Å²) in [5.41, 5.74) is 1.88. The van der Waals surface area contributed by atoms with Gasteiger partial charge in [0.2, 0.25) is 0 Å². The van der Waals surface area contributed by atoms with Gasteiger partial charge in [0.1, 0.15) is 0 Å². The molecule has 1 N–H and O–H groups in total. The maximum atomic E-state index is 12.3. The van der Waals surface area contributed by atoms with Crippen molar-refractivity contribution < 1.29 is 4.79 Å². The van der Waals surface area contributed by atoms with Crippen LogP contribution in [0, 0.1) is 6.92 Å². The van der Waals surface area contributed by atoms with Gasteiger partial charge in [0.25, 0.3) is 5.91 Å². The standard InChI is InChI=1S/C13H18N2O/c1-10-5-3-4-6-12(10)13(16)15-8-7-14-11(2)9-15/h3-6,11,14H,7-9H2,1-2H3/t11-/m1/s1. The fourth-order valence-electron chi connectivity index (χ4n) is 2.10. The van der Waals surface area contributed by atoms with E-state index >= 15 is 0 Å². The molecule has 0 radical (unpaired) electrons. The van der Waals surface area contributed by atoms with Crippen LogP contribution in [-0.2, 0) is 0 Å². The quantitative estimate of drug-likeness (QED) is 0.773. The molecule has 1 aromatic rings. The summed E-state index contributed by atoms with van der Waals surface area (Å²) in [7, 11) is 0. The number of nitrogens with zero attached hydrogens (tertiary/aromatic N) is 1. The molecule has 0 aromatic heterocycles. The Morgan fingerprint density at radius 3 is 2.88 bits per heavy atom. The predicted octanol–water partition coefficient (Wildman–Crippen LogP) is 1.43. The molecule has 3 heteroatoms. The Kier molecular flexibility index (Phi) is 3.25. The van der Waals surface area contributed by atoms with Crippen molar-refractivity contribution in [3.05, 3.63) is 35.4 Å². The van der Waals surface area contributed by atoms with Crippen LogP contribution in [0.1, 0.15) is 22.8 Å². The van der Waals surface area contributed by atoms with Crippen molar-refractivity contribution in [2.45, 2.75) is 19.9 Å². The van der Waals surface area contributed by atoms with Crippen molar-refractivity contribution in [3.63, 3.8) is 0 Å². The van der Waals surface area contributed by atoms with E-state index in [1.807, 2.05) is 36.1 Å². The summed E-state index contributed by atoms with van der Waals surface area (Å²) >= 11 is 0. The third-order valence-corrected chi connectivity index (χ3v) is 3.03. The van der Waals surface area contributed by atoms with Crippen molar-refractivity contribution in [2.75, 3.05) is 19.6 Å². The van der Waals surface area contributed by atoms with Crippen molar-refractivity contribution in [3.8, 4) is 0 Å². The third-order valence-electron chi connectivity index (χ3n) is 3.03. The Balaban J connectivity index is 2.16. The van der Waals surface area contributed by atoms with Crippen molar-refractivity contribution in [1.82, 2.24) is 10.2 Å². The number of benzene rings is 1. The molecule has 3 nitrogen and oxygen atoms in total. The second-order valence-electron chi connectivity index (χ2n) is 4.42. The number of hydrogen-bond donors (Lipinski definition) is 1. The lowest BCUT2D eigenvalue weighted by molar-refractivity contribution is 0.0708. The van der Waals surface area contributed by atoms with Gasteiger partial charge >= 0.3 is 0 Å². The van der Waals surface area contributed by atoms with Gasteiger partial charge in [0.15, 0.2) is 0 Å². The topological polar surface area (TPSA) is 32.3 Å². The molecule has 1 fully saturated rings. The summed E-state index contributed by atoms with van der Waals surface area (Å²) in [5, 5.41) is 3.34. The fourth-order valence-corrected chi connectivity index (χ4v) is 2.10. The molecule has 1 amide bonds. The minimum atomic E-state index is 0.159. The molecular formula is C13H18N2O. The van der Waals surface area contributed by atoms with Crippen LogP contribution in [0.25, 0.3) is 0 Å². The molecule has 0 aliphatic carbocycles. The van der Waals surface area contributed by atoms with Crippen molar-refractivity contribution in [1.29, 1.82) is 0 Å². The number of rotatable bonds is 1. The van der Waals surface area contributed by atoms with Crippen LogP contribution >= 0.6 is 0 Å². The molecule has 0 unspecified atom stereocenters. The predicted molar refractivity (Wildman–Crippen MR) is 64.5 cm³/mol. The normalized spacial score (nSPS) is 20.9. The van der Waals surface area contributed by atoms with Gasteiger partial charge in [-0.3, -0.25) is 4.79 Å². The van der Waals surface area contributed by atoms with Gasteiger partial charge in [-0.2, -0.15) is 0 Å². The zero-order chi connectivity index (χ0) is 11.5. The molecule has 1 aromatic carbocycles. The molecule has 86 valence electrons. The average molecular weight is 218 g/mol. The zero-order valence-electron chi connectivity index (χ0n) is 9.86. The van der Waals surface area contributed by atoms with Crippen LogP contribution in [0.2, 0.25) is 0 Å². The largest absolute Gasteiger partial charge is 0.336 e. The SMILES string of the molecule is Cc1ccccc1C(=O)N1CCN[C@H](C)C1. The summed E-state index contributed by atoms with van der Waals surface area (Å²) < 4.78 is 0. The highest BCUT2D eigenvalue weighted by atomic mass is 16.2.